The Hall–Kier alpha value is -5.72. The van der Waals surface area contributed by atoms with Gasteiger partial charge in [0.1, 0.15) is 17.7 Å². The van der Waals surface area contributed by atoms with Gasteiger partial charge in [-0.05, 0) is 72.3 Å². The minimum atomic E-state index is -5.52. The van der Waals surface area contributed by atoms with Crippen molar-refractivity contribution in [3.63, 3.8) is 0 Å². The molecular weight excluding hydrogens is 733 g/mol. The van der Waals surface area contributed by atoms with Gasteiger partial charge in [0.25, 0.3) is 0 Å². The van der Waals surface area contributed by atoms with Gasteiger partial charge >= 0.3 is 18.2 Å². The maximum absolute atomic E-state index is 15.6. The summed E-state index contributed by atoms with van der Waals surface area (Å²) in [4.78, 5) is 48.2. The topological polar surface area (TPSA) is 170 Å². The molecule has 2 heterocycles. The summed E-state index contributed by atoms with van der Waals surface area (Å²) < 4.78 is 106. The monoisotopic (exact) mass is 765 g/mol. The Morgan fingerprint density at radius 1 is 1.06 bits per heavy atom. The first kappa shape index (κ1) is 38.5. The van der Waals surface area contributed by atoms with Gasteiger partial charge in [0.05, 0.1) is 36.6 Å². The first-order chi connectivity index (χ1) is 25.0. The number of fused-ring (bicyclic) bond motifs is 1. The first-order valence-electron chi connectivity index (χ1n) is 15.8. The lowest BCUT2D eigenvalue weighted by Gasteiger charge is -2.32. The van der Waals surface area contributed by atoms with Crippen molar-refractivity contribution in [1.82, 2.24) is 9.88 Å². The molecule has 19 heteroatoms. The SMILES string of the molecule is CCS(=O)(=O)c1ccc(N(OC(=O)C(F)(F)F)C(=O)OC)cc1[C@H]1CCCN1C(=O)[C@H](Nc1ccc2c(N)nccc2c1)c1cc(OC)c(F)cc1F. The molecule has 53 heavy (non-hydrogen) atoms. The van der Waals surface area contributed by atoms with Crippen LogP contribution in [0.2, 0.25) is 0 Å². The van der Waals surface area contributed by atoms with Crippen LogP contribution in [0.15, 0.2) is 65.7 Å². The van der Waals surface area contributed by atoms with Crippen LogP contribution in [-0.4, -0.2) is 69.0 Å². The number of sulfone groups is 1. The van der Waals surface area contributed by atoms with Crippen LogP contribution in [0.4, 0.5) is 43.9 Å². The molecule has 1 saturated heterocycles. The van der Waals surface area contributed by atoms with Crippen molar-refractivity contribution in [2.45, 2.75) is 42.9 Å². The number of hydrogen-bond acceptors (Lipinski definition) is 11. The molecule has 3 N–H and O–H groups in total. The lowest BCUT2D eigenvalue weighted by atomic mass is 10.00. The van der Waals surface area contributed by atoms with E-state index in [2.05, 4.69) is 19.9 Å². The number of nitrogens with one attached hydrogen (secondary N) is 1. The second-order valence-corrected chi connectivity index (χ2v) is 13.9. The minimum absolute atomic E-state index is 0.0127. The van der Waals surface area contributed by atoms with Crippen molar-refractivity contribution in [1.29, 1.82) is 0 Å². The number of hydroxylamine groups is 1. The fraction of sp³-hybridized carbons (Fsp3) is 0.294. The number of ether oxygens (including phenoxy) is 2. The summed E-state index contributed by atoms with van der Waals surface area (Å²) in [5.41, 5.74) is 5.27. The van der Waals surface area contributed by atoms with Crippen LogP contribution in [0.3, 0.4) is 0 Å². The van der Waals surface area contributed by atoms with Gasteiger partial charge in [0.15, 0.2) is 21.4 Å². The van der Waals surface area contributed by atoms with Gasteiger partial charge in [-0.15, -0.1) is 5.06 Å². The highest BCUT2D eigenvalue weighted by Gasteiger charge is 2.44. The Bertz CT molecular complexity index is 2190. The fourth-order valence-electron chi connectivity index (χ4n) is 5.95. The molecule has 3 aromatic carbocycles. The molecule has 0 saturated carbocycles. The van der Waals surface area contributed by atoms with Crippen LogP contribution in [0.5, 0.6) is 5.75 Å². The first-order valence-corrected chi connectivity index (χ1v) is 17.4. The van der Waals surface area contributed by atoms with E-state index >= 15 is 4.39 Å². The molecule has 0 bridgehead atoms. The van der Waals surface area contributed by atoms with E-state index in [-0.39, 0.29) is 52.0 Å². The Kier molecular flexibility index (Phi) is 11.0. The molecule has 1 aliphatic rings. The highest BCUT2D eigenvalue weighted by Crippen LogP contribution is 2.41. The molecule has 0 aliphatic carbocycles. The predicted molar refractivity (Wildman–Crippen MR) is 180 cm³/mol. The summed E-state index contributed by atoms with van der Waals surface area (Å²) in [5, 5.41) is 4.08. The van der Waals surface area contributed by atoms with Gasteiger partial charge in [-0.2, -0.15) is 13.2 Å². The second-order valence-electron chi connectivity index (χ2n) is 11.7. The molecule has 13 nitrogen and oxygen atoms in total. The van der Waals surface area contributed by atoms with Crippen molar-refractivity contribution < 1.29 is 59.1 Å². The highest BCUT2D eigenvalue weighted by molar-refractivity contribution is 7.91. The number of likely N-dealkylation sites (tertiary alicyclic amines) is 1. The fourth-order valence-corrected chi connectivity index (χ4v) is 7.09. The summed E-state index contributed by atoms with van der Waals surface area (Å²) in [5.74, 6) is -6.32. The number of amides is 2. The van der Waals surface area contributed by atoms with Gasteiger partial charge in [0.2, 0.25) is 5.91 Å². The quantitative estimate of drug-likeness (QED) is 0.151. The molecule has 0 spiro atoms. The van der Waals surface area contributed by atoms with E-state index in [1.54, 1.807) is 24.3 Å². The lowest BCUT2D eigenvalue weighted by molar-refractivity contribution is -0.200. The van der Waals surface area contributed by atoms with Crippen molar-refractivity contribution in [2.24, 2.45) is 0 Å². The van der Waals surface area contributed by atoms with Gasteiger partial charge in [0, 0.05) is 35.4 Å². The average molecular weight is 766 g/mol. The molecule has 4 aromatic rings. The number of halogens is 5. The molecule has 282 valence electrons. The lowest BCUT2D eigenvalue weighted by Crippen LogP contribution is -2.39. The standard InChI is InChI=1S/C34H32F5N5O8S/c1-4-53(48,49)28-10-8-20(44(33(47)51-3)52-32(46)34(37,38)39)15-23(28)26-6-5-13-43(26)31(45)29(22-16-27(50-2)25(36)17-24(22)35)42-19-7-9-21-18(14-19)11-12-41-30(21)40/h7-12,14-17,26,29,42H,4-6,13H2,1-3H3,(H2,40,41)/t26-,29-/m1/s1. The normalized spacial score (nSPS) is 15.2. The summed E-state index contributed by atoms with van der Waals surface area (Å²) in [6.45, 7) is 1.33. The third-order valence-electron chi connectivity index (χ3n) is 8.52. The van der Waals surface area contributed by atoms with Crippen LogP contribution in [-0.2, 0) is 29.0 Å². The second kappa shape index (κ2) is 15.1. The van der Waals surface area contributed by atoms with Gasteiger partial charge in [-0.25, -0.2) is 31.8 Å². The van der Waals surface area contributed by atoms with E-state index in [0.29, 0.717) is 22.5 Å². The van der Waals surface area contributed by atoms with Gasteiger partial charge < -0.3 is 30.3 Å². The summed E-state index contributed by atoms with van der Waals surface area (Å²) in [6, 6.07) is 8.19. The molecule has 1 aromatic heterocycles. The molecule has 5 rings (SSSR count). The number of aromatic nitrogens is 1. The van der Waals surface area contributed by atoms with Crippen molar-refractivity contribution in [3.05, 3.63) is 83.6 Å². The molecule has 0 unspecified atom stereocenters. The third kappa shape index (κ3) is 7.88. The minimum Gasteiger partial charge on any atom is -0.494 e. The Balaban J connectivity index is 1.64. The smallest absolute Gasteiger partial charge is 0.493 e. The number of alkyl halides is 3. The molecular formula is C34H32F5N5O8S. The number of anilines is 3. The average Bonchev–Trinajstić information content (AvgIpc) is 3.62. The number of methoxy groups -OCH3 is 2. The van der Waals surface area contributed by atoms with E-state index in [1.165, 1.54) is 18.0 Å². The van der Waals surface area contributed by atoms with E-state index in [4.69, 9.17) is 10.5 Å². The van der Waals surface area contributed by atoms with Crippen molar-refractivity contribution in [3.8, 4) is 5.75 Å². The van der Waals surface area contributed by atoms with Crippen molar-refractivity contribution in [2.75, 3.05) is 42.6 Å². The number of benzene rings is 3. The third-order valence-corrected chi connectivity index (χ3v) is 10.3. The maximum Gasteiger partial charge on any atom is 0.493 e. The molecule has 2 amide bonds. The van der Waals surface area contributed by atoms with E-state index < -0.39 is 69.1 Å². The number of pyridine rings is 1. The Morgan fingerprint density at radius 3 is 2.45 bits per heavy atom. The van der Waals surface area contributed by atoms with Crippen LogP contribution in [0, 0.1) is 11.6 Å². The largest absolute Gasteiger partial charge is 0.494 e. The van der Waals surface area contributed by atoms with Crippen LogP contribution < -0.4 is 20.9 Å². The van der Waals surface area contributed by atoms with E-state index in [1.807, 2.05) is 0 Å². The number of nitrogen functional groups attached to an aromatic ring is 1. The van der Waals surface area contributed by atoms with Crippen LogP contribution in [0.25, 0.3) is 10.8 Å². The summed E-state index contributed by atoms with van der Waals surface area (Å²) in [6.07, 6.45) is -5.24. The van der Waals surface area contributed by atoms with Crippen LogP contribution >= 0.6 is 0 Å². The molecule has 2 atom stereocenters. The van der Waals surface area contributed by atoms with E-state index in [0.717, 1.165) is 38.5 Å². The predicted octanol–water partition coefficient (Wildman–Crippen LogP) is 6.01. The zero-order chi connectivity index (χ0) is 38.8. The number of hydrogen-bond donors (Lipinski definition) is 2. The van der Waals surface area contributed by atoms with Crippen molar-refractivity contribution >= 4 is 55.8 Å². The number of rotatable bonds is 9. The highest BCUT2D eigenvalue weighted by atomic mass is 32.2. The summed E-state index contributed by atoms with van der Waals surface area (Å²) >= 11 is 0. The van der Waals surface area contributed by atoms with Crippen LogP contribution in [0.1, 0.15) is 43.0 Å². The zero-order valence-corrected chi connectivity index (χ0v) is 29.1. The molecule has 0 radical (unpaired) electrons. The molecule has 1 fully saturated rings. The molecule has 1 aliphatic heterocycles. The summed E-state index contributed by atoms with van der Waals surface area (Å²) in [7, 11) is -2.15. The maximum atomic E-state index is 15.6. The Morgan fingerprint density at radius 2 is 1.79 bits per heavy atom. The number of nitrogens with two attached hydrogens (primary N) is 1. The number of carbonyl (C=O) groups is 3. The van der Waals surface area contributed by atoms with E-state index in [9.17, 15) is 40.4 Å². The number of carbonyl (C=O) groups excluding carboxylic acids is 3. The van der Waals surface area contributed by atoms with Gasteiger partial charge in [-0.1, -0.05) is 6.92 Å². The Labute approximate surface area is 299 Å². The van der Waals surface area contributed by atoms with Gasteiger partial charge in [-0.3, -0.25) is 4.79 Å². The number of nitrogens with zero attached hydrogens (tertiary/aromatic N) is 3. The zero-order valence-electron chi connectivity index (χ0n) is 28.2.